The molecule has 4 aromatic rings. The molecule has 10 heteroatoms. The first kappa shape index (κ1) is 23.1. The molecule has 0 aliphatic rings. The van der Waals surface area contributed by atoms with E-state index in [0.29, 0.717) is 40.2 Å². The van der Waals surface area contributed by atoms with Crippen molar-refractivity contribution < 1.29 is 17.7 Å². The highest BCUT2D eigenvalue weighted by Crippen LogP contribution is 2.29. The van der Waals surface area contributed by atoms with Crippen LogP contribution < -0.4 is 10.0 Å². The molecule has 4 rings (SSSR count). The summed E-state index contributed by atoms with van der Waals surface area (Å²) in [6.45, 7) is 5.63. The number of aromatic nitrogens is 2. The third kappa shape index (κ3) is 5.47. The summed E-state index contributed by atoms with van der Waals surface area (Å²) >= 11 is 1.53. The molecule has 0 saturated carbocycles. The van der Waals surface area contributed by atoms with Gasteiger partial charge in [0.25, 0.3) is 11.6 Å². The lowest BCUT2D eigenvalue weighted by Crippen LogP contribution is -2.31. The molecule has 0 aliphatic carbocycles. The summed E-state index contributed by atoms with van der Waals surface area (Å²) in [5.74, 6) is -0.357. The predicted octanol–water partition coefficient (Wildman–Crippen LogP) is 4.02. The number of nitrogens with one attached hydrogen (secondary N) is 2. The maximum Gasteiger partial charge on any atom is 0.259 e. The van der Waals surface area contributed by atoms with E-state index in [1.165, 1.54) is 11.3 Å². The maximum absolute atomic E-state index is 13.1. The summed E-state index contributed by atoms with van der Waals surface area (Å²) in [5.41, 5.74) is 3.55. The fraction of sp³-hybridized carbons (Fsp3) is 0.261. The number of nitrogens with zero attached hydrogens (tertiary/aromatic N) is 2. The molecule has 1 amide bonds. The van der Waals surface area contributed by atoms with Crippen LogP contribution in [0.2, 0.25) is 0 Å². The lowest BCUT2D eigenvalue weighted by atomic mass is 10.1. The average molecular weight is 485 g/mol. The van der Waals surface area contributed by atoms with Crippen LogP contribution in [0.3, 0.4) is 0 Å². The van der Waals surface area contributed by atoms with Crippen molar-refractivity contribution in [2.75, 3.05) is 0 Å². The van der Waals surface area contributed by atoms with Crippen molar-refractivity contribution in [2.45, 2.75) is 39.1 Å². The minimum atomic E-state index is -3.39. The van der Waals surface area contributed by atoms with Crippen molar-refractivity contribution in [1.29, 1.82) is 0 Å². The van der Waals surface area contributed by atoms with E-state index in [-0.39, 0.29) is 17.7 Å². The monoisotopic (exact) mass is 484 g/mol. The summed E-state index contributed by atoms with van der Waals surface area (Å²) < 4.78 is 32.1. The Morgan fingerprint density at radius 3 is 2.55 bits per heavy atom. The van der Waals surface area contributed by atoms with Gasteiger partial charge in [0.2, 0.25) is 10.0 Å². The van der Waals surface area contributed by atoms with Crippen molar-refractivity contribution in [3.05, 3.63) is 70.2 Å². The number of fused-ring (bicyclic) bond motifs is 1. The van der Waals surface area contributed by atoms with Crippen molar-refractivity contribution in [3.8, 4) is 10.6 Å². The van der Waals surface area contributed by atoms with Crippen molar-refractivity contribution in [2.24, 2.45) is 0 Å². The van der Waals surface area contributed by atoms with Gasteiger partial charge in [-0.2, -0.15) is 0 Å². The Balaban J connectivity index is 1.50. The van der Waals surface area contributed by atoms with Crippen LogP contribution in [0, 0.1) is 6.92 Å². The Morgan fingerprint density at radius 2 is 1.88 bits per heavy atom. The largest absolute Gasteiger partial charge is 0.348 e. The van der Waals surface area contributed by atoms with Gasteiger partial charge in [-0.05, 0) is 49.4 Å². The van der Waals surface area contributed by atoms with Crippen molar-refractivity contribution in [3.63, 3.8) is 0 Å². The third-order valence-corrected chi connectivity index (χ3v) is 7.32. The summed E-state index contributed by atoms with van der Waals surface area (Å²) in [7, 11) is -3.39. The highest BCUT2D eigenvalue weighted by Gasteiger charge is 2.20. The van der Waals surface area contributed by atoms with Gasteiger partial charge in [0.05, 0.1) is 33.0 Å². The second-order valence-corrected chi connectivity index (χ2v) is 10.7. The first-order chi connectivity index (χ1) is 15.7. The minimum absolute atomic E-state index is 0.0922. The standard InChI is InChI=1S/C23H24N4O4S2/c1-14(2)27-33(29,30)13-17-8-6-16(7-9-17)12-24-22(28)18-11-19(20-5-4-10-32-20)25-23-21(18)15(3)26-31-23/h4-11,14,27H,12-13H2,1-3H3,(H,24,28). The molecule has 0 aliphatic heterocycles. The van der Waals surface area contributed by atoms with E-state index in [1.54, 1.807) is 39.0 Å². The van der Waals surface area contributed by atoms with E-state index in [1.807, 2.05) is 29.6 Å². The zero-order valence-corrected chi connectivity index (χ0v) is 20.1. The van der Waals surface area contributed by atoms with Gasteiger partial charge in [-0.15, -0.1) is 11.3 Å². The SMILES string of the molecule is Cc1noc2nc(-c3cccs3)cc(C(=O)NCc3ccc(CS(=O)(=O)NC(C)C)cc3)c12. The second kappa shape index (κ2) is 9.42. The van der Waals surface area contributed by atoms with Crippen LogP contribution >= 0.6 is 11.3 Å². The van der Waals surface area contributed by atoms with Gasteiger partial charge >= 0.3 is 0 Å². The Labute approximate surface area is 196 Å². The number of pyridine rings is 1. The molecule has 0 spiro atoms. The fourth-order valence-electron chi connectivity index (χ4n) is 3.48. The maximum atomic E-state index is 13.1. The first-order valence-electron chi connectivity index (χ1n) is 10.4. The molecule has 0 bridgehead atoms. The normalized spacial score (nSPS) is 11.9. The smallest absolute Gasteiger partial charge is 0.259 e. The molecule has 0 unspecified atom stereocenters. The lowest BCUT2D eigenvalue weighted by molar-refractivity contribution is 0.0952. The van der Waals surface area contributed by atoms with Crippen LogP contribution in [-0.4, -0.2) is 30.5 Å². The topological polar surface area (TPSA) is 114 Å². The molecule has 172 valence electrons. The van der Waals surface area contributed by atoms with Gasteiger partial charge in [0.15, 0.2) is 0 Å². The van der Waals surface area contributed by atoms with E-state index in [0.717, 1.165) is 10.4 Å². The van der Waals surface area contributed by atoms with E-state index in [9.17, 15) is 13.2 Å². The minimum Gasteiger partial charge on any atom is -0.348 e. The van der Waals surface area contributed by atoms with Crippen molar-refractivity contribution in [1.82, 2.24) is 20.2 Å². The van der Waals surface area contributed by atoms with Gasteiger partial charge in [-0.25, -0.2) is 18.1 Å². The Bertz CT molecular complexity index is 1380. The summed E-state index contributed by atoms with van der Waals surface area (Å²) in [5, 5.41) is 9.43. The van der Waals surface area contributed by atoms with E-state index in [4.69, 9.17) is 4.52 Å². The summed E-state index contributed by atoms with van der Waals surface area (Å²) in [6.07, 6.45) is 0. The fourth-order valence-corrected chi connectivity index (χ4v) is 5.59. The molecule has 3 heterocycles. The highest BCUT2D eigenvalue weighted by molar-refractivity contribution is 7.88. The van der Waals surface area contributed by atoms with Gasteiger partial charge in [-0.1, -0.05) is 35.5 Å². The number of thiophene rings is 1. The average Bonchev–Trinajstić information content (AvgIpc) is 3.41. The predicted molar refractivity (Wildman–Crippen MR) is 128 cm³/mol. The lowest BCUT2D eigenvalue weighted by Gasteiger charge is -2.10. The number of rotatable bonds is 8. The van der Waals surface area contributed by atoms with Crippen LogP contribution in [0.25, 0.3) is 21.7 Å². The number of amides is 1. The van der Waals surface area contributed by atoms with Gasteiger partial charge < -0.3 is 9.84 Å². The van der Waals surface area contributed by atoms with Crippen LogP contribution in [0.1, 0.15) is 41.0 Å². The van der Waals surface area contributed by atoms with E-state index in [2.05, 4.69) is 20.2 Å². The highest BCUT2D eigenvalue weighted by atomic mass is 32.2. The number of hydrogen-bond donors (Lipinski definition) is 2. The molecular formula is C23H24N4O4S2. The molecular weight excluding hydrogens is 460 g/mol. The van der Waals surface area contributed by atoms with Crippen LogP contribution in [0.15, 0.2) is 52.4 Å². The zero-order valence-electron chi connectivity index (χ0n) is 18.5. The molecule has 0 saturated heterocycles. The first-order valence-corrected chi connectivity index (χ1v) is 12.9. The van der Waals surface area contributed by atoms with E-state index >= 15 is 0 Å². The molecule has 2 N–H and O–H groups in total. The number of carbonyl (C=O) groups is 1. The van der Waals surface area contributed by atoms with Crippen molar-refractivity contribution >= 4 is 38.4 Å². The Morgan fingerprint density at radius 1 is 1.15 bits per heavy atom. The quantitative estimate of drug-likeness (QED) is 0.390. The van der Waals surface area contributed by atoms with Gasteiger partial charge in [-0.3, -0.25) is 4.79 Å². The molecule has 0 radical (unpaired) electrons. The molecule has 0 fully saturated rings. The molecule has 1 aromatic carbocycles. The van der Waals surface area contributed by atoms with Gasteiger partial charge in [0.1, 0.15) is 0 Å². The van der Waals surface area contributed by atoms with E-state index < -0.39 is 10.0 Å². The third-order valence-electron chi connectivity index (χ3n) is 4.88. The molecule has 33 heavy (non-hydrogen) atoms. The number of carbonyl (C=O) groups excluding carboxylic acids is 1. The van der Waals surface area contributed by atoms with Crippen LogP contribution in [-0.2, 0) is 22.3 Å². The second-order valence-electron chi connectivity index (χ2n) is 8.01. The number of hydrogen-bond acceptors (Lipinski definition) is 7. The molecule has 0 atom stereocenters. The zero-order chi connectivity index (χ0) is 23.6. The number of sulfonamides is 1. The number of aryl methyl sites for hydroxylation is 1. The Kier molecular flexibility index (Phi) is 6.59. The molecule has 3 aromatic heterocycles. The van der Waals surface area contributed by atoms with Gasteiger partial charge in [0, 0.05) is 12.6 Å². The summed E-state index contributed by atoms with van der Waals surface area (Å²) in [4.78, 5) is 18.5. The Hall–Kier alpha value is -3.08. The summed E-state index contributed by atoms with van der Waals surface area (Å²) in [6, 6.07) is 12.6. The molecule has 8 nitrogen and oxygen atoms in total. The number of benzene rings is 1. The van der Waals surface area contributed by atoms with Crippen LogP contribution in [0.4, 0.5) is 0 Å². The van der Waals surface area contributed by atoms with Crippen LogP contribution in [0.5, 0.6) is 0 Å².